The summed E-state index contributed by atoms with van der Waals surface area (Å²) < 4.78 is 10.7. The zero-order chi connectivity index (χ0) is 15.1. The highest BCUT2D eigenvalue weighted by Crippen LogP contribution is 2.33. The molecule has 0 radical (unpaired) electrons. The molecule has 1 rings (SSSR count). The average Bonchev–Trinajstić information content (AvgIpc) is 2.40. The van der Waals surface area contributed by atoms with Crippen LogP contribution in [0.5, 0.6) is 11.5 Å². The second-order valence-electron chi connectivity index (χ2n) is 3.96. The first-order chi connectivity index (χ1) is 9.49. The van der Waals surface area contributed by atoms with Gasteiger partial charge in [-0.25, -0.2) is 0 Å². The van der Waals surface area contributed by atoms with Crippen molar-refractivity contribution in [3.8, 4) is 11.5 Å². The first kappa shape index (κ1) is 16.3. The van der Waals surface area contributed by atoms with Crippen LogP contribution in [0.2, 0.25) is 5.02 Å². The zero-order valence-electron chi connectivity index (χ0n) is 11.4. The van der Waals surface area contributed by atoms with E-state index in [1.54, 1.807) is 13.0 Å². The number of hydrogen-bond donors (Lipinski definition) is 1. The maximum Gasteiger partial charge on any atom is 0.303 e. The number of carboxylic acids is 1. The fourth-order valence-electron chi connectivity index (χ4n) is 1.65. The summed E-state index contributed by atoms with van der Waals surface area (Å²) in [6, 6.07) is 3.02. The van der Waals surface area contributed by atoms with E-state index in [9.17, 15) is 9.59 Å². The van der Waals surface area contributed by atoms with Crippen LogP contribution in [-0.4, -0.2) is 30.1 Å². The minimum absolute atomic E-state index is 0.0975. The zero-order valence-corrected chi connectivity index (χ0v) is 12.2. The van der Waals surface area contributed by atoms with E-state index in [1.165, 1.54) is 6.07 Å². The molecule has 1 aromatic rings. The fraction of sp³-hybridized carbons (Fsp3) is 0.429. The summed E-state index contributed by atoms with van der Waals surface area (Å²) in [6.07, 6.45) is -0.324. The number of carbonyl (C=O) groups is 2. The fourth-order valence-corrected chi connectivity index (χ4v) is 1.87. The van der Waals surface area contributed by atoms with Gasteiger partial charge >= 0.3 is 5.97 Å². The van der Waals surface area contributed by atoms with Crippen LogP contribution in [0.25, 0.3) is 0 Å². The highest BCUT2D eigenvalue weighted by atomic mass is 35.5. The van der Waals surface area contributed by atoms with Crippen LogP contribution in [0.4, 0.5) is 0 Å². The van der Waals surface area contributed by atoms with Gasteiger partial charge in [0, 0.05) is 12.5 Å². The largest absolute Gasteiger partial charge is 0.493 e. The summed E-state index contributed by atoms with van der Waals surface area (Å²) in [4.78, 5) is 22.5. The van der Waals surface area contributed by atoms with Crippen molar-refractivity contribution in [3.63, 3.8) is 0 Å². The molecule has 0 aromatic heterocycles. The van der Waals surface area contributed by atoms with Gasteiger partial charge in [0.2, 0.25) is 0 Å². The second kappa shape index (κ2) is 7.75. The Kier molecular flexibility index (Phi) is 6.31. The van der Waals surface area contributed by atoms with E-state index < -0.39 is 5.97 Å². The van der Waals surface area contributed by atoms with Crippen LogP contribution in [0, 0.1) is 0 Å². The lowest BCUT2D eigenvalue weighted by molar-refractivity contribution is -0.136. The van der Waals surface area contributed by atoms with Crippen molar-refractivity contribution < 1.29 is 24.2 Å². The molecule has 0 amide bonds. The summed E-state index contributed by atoms with van der Waals surface area (Å²) in [5.74, 6) is -0.544. The Labute approximate surface area is 122 Å². The number of ketones is 1. The first-order valence-corrected chi connectivity index (χ1v) is 6.71. The molecular formula is C14H17ClO5. The Morgan fingerprint density at radius 3 is 2.25 bits per heavy atom. The van der Waals surface area contributed by atoms with Gasteiger partial charge < -0.3 is 14.6 Å². The van der Waals surface area contributed by atoms with Crippen molar-refractivity contribution in [2.45, 2.75) is 26.7 Å². The number of carboxylic acid groups (broad SMARTS) is 1. The predicted octanol–water partition coefficient (Wildman–Crippen LogP) is 3.18. The van der Waals surface area contributed by atoms with Crippen molar-refractivity contribution in [1.82, 2.24) is 0 Å². The lowest BCUT2D eigenvalue weighted by Crippen LogP contribution is -2.07. The number of hydrogen-bond acceptors (Lipinski definition) is 4. The molecule has 5 nitrogen and oxygen atoms in total. The SMILES string of the molecule is CCOc1cc(OCC)c(C(=O)CCC(=O)O)cc1Cl. The van der Waals surface area contributed by atoms with Gasteiger partial charge in [0.05, 0.1) is 30.2 Å². The predicted molar refractivity (Wildman–Crippen MR) is 75.0 cm³/mol. The van der Waals surface area contributed by atoms with E-state index >= 15 is 0 Å². The molecule has 0 fully saturated rings. The highest BCUT2D eigenvalue weighted by molar-refractivity contribution is 6.32. The molecular weight excluding hydrogens is 284 g/mol. The Morgan fingerprint density at radius 1 is 1.10 bits per heavy atom. The minimum Gasteiger partial charge on any atom is -0.493 e. The smallest absolute Gasteiger partial charge is 0.303 e. The number of rotatable bonds is 8. The van der Waals surface area contributed by atoms with Crippen LogP contribution in [0.3, 0.4) is 0 Å². The monoisotopic (exact) mass is 300 g/mol. The quantitative estimate of drug-likeness (QED) is 0.746. The van der Waals surface area contributed by atoms with Gasteiger partial charge in [-0.05, 0) is 19.9 Å². The average molecular weight is 301 g/mol. The number of benzene rings is 1. The molecule has 1 N–H and O–H groups in total. The van der Waals surface area contributed by atoms with E-state index in [0.717, 1.165) is 0 Å². The molecule has 0 saturated heterocycles. The summed E-state index contributed by atoms with van der Waals surface area (Å²) in [5.41, 5.74) is 0.279. The van der Waals surface area contributed by atoms with Crippen LogP contribution >= 0.6 is 11.6 Å². The normalized spacial score (nSPS) is 10.2. The molecule has 1 aromatic carbocycles. The third-order valence-electron chi connectivity index (χ3n) is 2.50. The Morgan fingerprint density at radius 2 is 1.70 bits per heavy atom. The number of ether oxygens (including phenoxy) is 2. The number of aliphatic carboxylic acids is 1. The molecule has 0 aliphatic carbocycles. The van der Waals surface area contributed by atoms with Gasteiger partial charge in [0.15, 0.2) is 5.78 Å². The molecule has 0 aliphatic rings. The molecule has 0 heterocycles. The van der Waals surface area contributed by atoms with E-state index in [2.05, 4.69) is 0 Å². The van der Waals surface area contributed by atoms with Crippen molar-refractivity contribution in [3.05, 3.63) is 22.7 Å². The summed E-state index contributed by atoms with van der Waals surface area (Å²) >= 11 is 6.04. The van der Waals surface area contributed by atoms with Crippen molar-refractivity contribution in [2.75, 3.05) is 13.2 Å². The number of Topliss-reactive ketones (excluding diaryl/α,β-unsaturated/α-hetero) is 1. The third kappa shape index (κ3) is 4.42. The van der Waals surface area contributed by atoms with Gasteiger partial charge in [0.1, 0.15) is 11.5 Å². The van der Waals surface area contributed by atoms with Gasteiger partial charge in [-0.3, -0.25) is 9.59 Å². The van der Waals surface area contributed by atoms with Crippen LogP contribution in [0.15, 0.2) is 12.1 Å². The van der Waals surface area contributed by atoms with E-state index in [1.807, 2.05) is 6.92 Å². The molecule has 0 aliphatic heterocycles. The van der Waals surface area contributed by atoms with Crippen LogP contribution in [0.1, 0.15) is 37.0 Å². The lowest BCUT2D eigenvalue weighted by Gasteiger charge is -2.13. The topological polar surface area (TPSA) is 72.8 Å². The lowest BCUT2D eigenvalue weighted by atomic mass is 10.1. The third-order valence-corrected chi connectivity index (χ3v) is 2.80. The summed E-state index contributed by atoms with van der Waals surface area (Å²) in [6.45, 7) is 4.44. The highest BCUT2D eigenvalue weighted by Gasteiger charge is 2.17. The Balaban J connectivity index is 3.06. The van der Waals surface area contributed by atoms with E-state index in [0.29, 0.717) is 29.7 Å². The number of carbonyl (C=O) groups excluding carboxylic acids is 1. The van der Waals surface area contributed by atoms with Gasteiger partial charge in [-0.15, -0.1) is 0 Å². The minimum atomic E-state index is -1.02. The van der Waals surface area contributed by atoms with Crippen LogP contribution < -0.4 is 9.47 Å². The molecule has 0 saturated carbocycles. The van der Waals surface area contributed by atoms with E-state index in [4.69, 9.17) is 26.2 Å². The Hall–Kier alpha value is -1.75. The van der Waals surface area contributed by atoms with Gasteiger partial charge in [0.25, 0.3) is 0 Å². The molecule has 0 bridgehead atoms. The summed E-state index contributed by atoms with van der Waals surface area (Å²) in [7, 11) is 0. The van der Waals surface area contributed by atoms with Crippen LogP contribution in [-0.2, 0) is 4.79 Å². The second-order valence-corrected chi connectivity index (χ2v) is 4.37. The summed E-state index contributed by atoms with van der Waals surface area (Å²) in [5, 5.41) is 8.92. The van der Waals surface area contributed by atoms with Crippen molar-refractivity contribution in [1.29, 1.82) is 0 Å². The van der Waals surface area contributed by atoms with Gasteiger partial charge in [-0.1, -0.05) is 11.6 Å². The first-order valence-electron chi connectivity index (χ1n) is 6.33. The molecule has 110 valence electrons. The van der Waals surface area contributed by atoms with Crippen molar-refractivity contribution in [2.24, 2.45) is 0 Å². The maximum atomic E-state index is 12.0. The van der Waals surface area contributed by atoms with Crippen molar-refractivity contribution >= 4 is 23.4 Å². The molecule has 20 heavy (non-hydrogen) atoms. The molecule has 0 atom stereocenters. The maximum absolute atomic E-state index is 12.0. The molecule has 6 heteroatoms. The van der Waals surface area contributed by atoms with Gasteiger partial charge in [-0.2, -0.15) is 0 Å². The number of halogens is 1. The standard InChI is InChI=1S/C14H17ClO5/c1-3-19-12-8-13(20-4-2)10(15)7-9(12)11(16)5-6-14(17)18/h7-8H,3-6H2,1-2H3,(H,17,18). The molecule has 0 spiro atoms. The Bertz CT molecular complexity index is 499. The van der Waals surface area contributed by atoms with E-state index in [-0.39, 0.29) is 24.2 Å². The molecule has 0 unspecified atom stereocenters.